The van der Waals surface area contributed by atoms with Crippen molar-refractivity contribution in [1.82, 2.24) is 0 Å². The van der Waals surface area contributed by atoms with Gasteiger partial charge in [-0.2, -0.15) is 5.26 Å². The second-order valence-electron chi connectivity index (χ2n) is 3.88. The molecule has 2 N–H and O–H groups in total. The van der Waals surface area contributed by atoms with Crippen LogP contribution in [0.4, 0.5) is 10.1 Å². The van der Waals surface area contributed by atoms with Crippen molar-refractivity contribution in [1.29, 1.82) is 5.26 Å². The fraction of sp³-hybridized carbons (Fsp3) is 0.364. The van der Waals surface area contributed by atoms with E-state index in [0.717, 1.165) is 18.4 Å². The average molecular weight is 190 g/mol. The van der Waals surface area contributed by atoms with Crippen LogP contribution in [0.2, 0.25) is 0 Å². The molecule has 14 heavy (non-hydrogen) atoms. The van der Waals surface area contributed by atoms with Crippen LogP contribution in [-0.2, 0) is 5.41 Å². The van der Waals surface area contributed by atoms with Crippen molar-refractivity contribution in [3.8, 4) is 6.07 Å². The molecule has 1 aliphatic carbocycles. The summed E-state index contributed by atoms with van der Waals surface area (Å²) < 4.78 is 13.5. The first kappa shape index (κ1) is 9.01. The van der Waals surface area contributed by atoms with Gasteiger partial charge in [0, 0.05) is 11.3 Å². The predicted octanol–water partition coefficient (Wildman–Crippen LogP) is 2.27. The Morgan fingerprint density at radius 1 is 1.50 bits per heavy atom. The van der Waals surface area contributed by atoms with Crippen LogP contribution in [-0.4, -0.2) is 0 Å². The summed E-state index contributed by atoms with van der Waals surface area (Å²) in [6.45, 7) is 1.83. The molecular formula is C11H11FN2. The van der Waals surface area contributed by atoms with Gasteiger partial charge in [-0.3, -0.25) is 0 Å². The van der Waals surface area contributed by atoms with E-state index < -0.39 is 5.41 Å². The number of halogens is 1. The quantitative estimate of drug-likeness (QED) is 0.690. The monoisotopic (exact) mass is 190 g/mol. The van der Waals surface area contributed by atoms with Gasteiger partial charge in [0.05, 0.1) is 11.5 Å². The zero-order valence-electron chi connectivity index (χ0n) is 7.97. The standard InChI is InChI=1S/C11H11FN2/c1-7-4-8(9(12)5-10(7)14)11(6-13)2-3-11/h4-5H,2-3,14H2,1H3. The summed E-state index contributed by atoms with van der Waals surface area (Å²) in [5.41, 5.74) is 6.79. The molecule has 0 unspecified atom stereocenters. The maximum Gasteiger partial charge on any atom is 0.130 e. The third-order valence-corrected chi connectivity index (χ3v) is 2.84. The minimum atomic E-state index is -0.567. The molecule has 3 heteroatoms. The minimum absolute atomic E-state index is 0.354. The fourth-order valence-electron chi connectivity index (χ4n) is 1.63. The van der Waals surface area contributed by atoms with E-state index in [0.29, 0.717) is 11.3 Å². The van der Waals surface area contributed by atoms with Gasteiger partial charge in [-0.1, -0.05) is 0 Å². The Labute approximate surface area is 82.1 Å². The van der Waals surface area contributed by atoms with Crippen molar-refractivity contribution in [2.75, 3.05) is 5.73 Å². The number of benzene rings is 1. The van der Waals surface area contributed by atoms with Crippen LogP contribution >= 0.6 is 0 Å². The van der Waals surface area contributed by atoms with Gasteiger partial charge in [0.2, 0.25) is 0 Å². The van der Waals surface area contributed by atoms with Gasteiger partial charge in [0.1, 0.15) is 5.82 Å². The maximum absolute atomic E-state index is 13.5. The number of nitrogens with two attached hydrogens (primary N) is 1. The molecule has 2 nitrogen and oxygen atoms in total. The third-order valence-electron chi connectivity index (χ3n) is 2.84. The average Bonchev–Trinajstić information content (AvgIpc) is 2.92. The van der Waals surface area contributed by atoms with E-state index in [-0.39, 0.29) is 5.82 Å². The summed E-state index contributed by atoms with van der Waals surface area (Å²) in [5.74, 6) is -0.354. The molecule has 0 spiro atoms. The lowest BCUT2D eigenvalue weighted by molar-refractivity contribution is 0.599. The Hall–Kier alpha value is -1.56. The lowest BCUT2D eigenvalue weighted by Crippen LogP contribution is -2.07. The molecule has 72 valence electrons. The lowest BCUT2D eigenvalue weighted by atomic mass is 9.95. The molecule has 1 fully saturated rings. The summed E-state index contributed by atoms with van der Waals surface area (Å²) >= 11 is 0. The Kier molecular flexibility index (Phi) is 1.75. The summed E-state index contributed by atoms with van der Waals surface area (Å²) in [5, 5.41) is 8.95. The van der Waals surface area contributed by atoms with Gasteiger partial charge >= 0.3 is 0 Å². The zero-order chi connectivity index (χ0) is 10.3. The first-order chi connectivity index (χ1) is 6.59. The highest BCUT2D eigenvalue weighted by Crippen LogP contribution is 2.48. The van der Waals surface area contributed by atoms with Gasteiger partial charge in [0.25, 0.3) is 0 Å². The molecule has 1 saturated carbocycles. The molecule has 0 aliphatic heterocycles. The summed E-state index contributed by atoms with van der Waals surface area (Å²) in [7, 11) is 0. The SMILES string of the molecule is Cc1cc(C2(C#N)CC2)c(F)cc1N. The molecule has 1 aromatic carbocycles. The number of anilines is 1. The van der Waals surface area contributed by atoms with Crippen LogP contribution in [0.25, 0.3) is 0 Å². The van der Waals surface area contributed by atoms with Crippen molar-refractivity contribution < 1.29 is 4.39 Å². The van der Waals surface area contributed by atoms with E-state index in [1.807, 2.05) is 6.92 Å². The number of hydrogen-bond donors (Lipinski definition) is 1. The second-order valence-corrected chi connectivity index (χ2v) is 3.88. The zero-order valence-corrected chi connectivity index (χ0v) is 7.97. The van der Waals surface area contributed by atoms with Crippen LogP contribution in [0, 0.1) is 24.1 Å². The van der Waals surface area contributed by atoms with Gasteiger partial charge in [-0.25, -0.2) is 4.39 Å². The van der Waals surface area contributed by atoms with Gasteiger partial charge in [0.15, 0.2) is 0 Å². The summed E-state index contributed by atoms with van der Waals surface area (Å²) in [6, 6.07) is 5.18. The number of nitrogens with zero attached hydrogens (tertiary/aromatic N) is 1. The van der Waals surface area contributed by atoms with Gasteiger partial charge < -0.3 is 5.73 Å². The first-order valence-corrected chi connectivity index (χ1v) is 4.56. The highest BCUT2D eigenvalue weighted by Gasteiger charge is 2.46. The van der Waals surface area contributed by atoms with E-state index in [2.05, 4.69) is 6.07 Å². The minimum Gasteiger partial charge on any atom is -0.398 e. The highest BCUT2D eigenvalue weighted by molar-refractivity contribution is 5.52. The molecule has 1 aromatic rings. The molecule has 0 saturated heterocycles. The molecule has 0 atom stereocenters. The van der Waals surface area contributed by atoms with Crippen LogP contribution < -0.4 is 5.73 Å². The molecule has 0 radical (unpaired) electrons. The largest absolute Gasteiger partial charge is 0.398 e. The van der Waals surface area contributed by atoms with E-state index in [1.165, 1.54) is 6.07 Å². The van der Waals surface area contributed by atoms with Crippen LogP contribution in [0.1, 0.15) is 24.0 Å². The predicted molar refractivity (Wildman–Crippen MR) is 52.1 cm³/mol. The van der Waals surface area contributed by atoms with Crippen LogP contribution in [0.15, 0.2) is 12.1 Å². The van der Waals surface area contributed by atoms with Crippen LogP contribution in [0.5, 0.6) is 0 Å². The van der Waals surface area contributed by atoms with Crippen molar-refractivity contribution in [2.24, 2.45) is 0 Å². The van der Waals surface area contributed by atoms with Crippen molar-refractivity contribution in [2.45, 2.75) is 25.2 Å². The molecule has 0 heterocycles. The Morgan fingerprint density at radius 3 is 2.64 bits per heavy atom. The smallest absolute Gasteiger partial charge is 0.130 e. The molecule has 1 aliphatic rings. The van der Waals surface area contributed by atoms with Gasteiger partial charge in [-0.15, -0.1) is 0 Å². The molecule has 0 amide bonds. The normalized spacial score (nSPS) is 17.5. The second kappa shape index (κ2) is 2.71. The van der Waals surface area contributed by atoms with Crippen LogP contribution in [0.3, 0.4) is 0 Å². The van der Waals surface area contributed by atoms with E-state index >= 15 is 0 Å². The number of hydrogen-bond acceptors (Lipinski definition) is 2. The maximum atomic E-state index is 13.5. The molecule has 0 bridgehead atoms. The summed E-state index contributed by atoms with van der Waals surface area (Å²) in [4.78, 5) is 0. The topological polar surface area (TPSA) is 49.8 Å². The van der Waals surface area contributed by atoms with Crippen molar-refractivity contribution in [3.63, 3.8) is 0 Å². The Balaban J connectivity index is 2.55. The van der Waals surface area contributed by atoms with Crippen molar-refractivity contribution in [3.05, 3.63) is 29.1 Å². The molecule has 2 rings (SSSR count). The highest BCUT2D eigenvalue weighted by atomic mass is 19.1. The number of nitrogen functional groups attached to an aromatic ring is 1. The first-order valence-electron chi connectivity index (χ1n) is 4.56. The lowest BCUT2D eigenvalue weighted by Gasteiger charge is -2.10. The summed E-state index contributed by atoms with van der Waals surface area (Å²) in [6.07, 6.45) is 1.51. The molecular weight excluding hydrogens is 179 g/mol. The van der Waals surface area contributed by atoms with Gasteiger partial charge in [-0.05, 0) is 37.5 Å². The Bertz CT molecular complexity index is 428. The Morgan fingerprint density at radius 2 is 2.14 bits per heavy atom. The number of aryl methyl sites for hydroxylation is 1. The number of rotatable bonds is 1. The van der Waals surface area contributed by atoms with E-state index in [9.17, 15) is 4.39 Å². The van der Waals surface area contributed by atoms with Crippen molar-refractivity contribution >= 4 is 5.69 Å². The fourth-order valence-corrected chi connectivity index (χ4v) is 1.63. The van der Waals surface area contributed by atoms with E-state index in [1.54, 1.807) is 6.07 Å². The molecule has 0 aromatic heterocycles. The van der Waals surface area contributed by atoms with E-state index in [4.69, 9.17) is 11.0 Å². The number of nitriles is 1. The third kappa shape index (κ3) is 1.15.